The highest BCUT2D eigenvalue weighted by Gasteiger charge is 2.44. The highest BCUT2D eigenvalue weighted by molar-refractivity contribution is 7.13. The van der Waals surface area contributed by atoms with E-state index >= 15 is 0 Å². The van der Waals surface area contributed by atoms with Crippen LogP contribution in [0.15, 0.2) is 39.1 Å². The summed E-state index contributed by atoms with van der Waals surface area (Å²) in [6.07, 6.45) is -5.63. The second-order valence-electron chi connectivity index (χ2n) is 6.75. The number of rotatable bonds is 4. The van der Waals surface area contributed by atoms with Crippen molar-refractivity contribution in [2.24, 2.45) is 0 Å². The number of aliphatic hydroxyl groups excluding tert-OH is 4. The van der Waals surface area contributed by atoms with Crippen molar-refractivity contribution >= 4 is 22.3 Å². The van der Waals surface area contributed by atoms with Gasteiger partial charge in [-0.3, -0.25) is 4.79 Å². The molecule has 29 heavy (non-hydrogen) atoms. The van der Waals surface area contributed by atoms with Crippen LogP contribution in [0.2, 0.25) is 0 Å². The lowest BCUT2D eigenvalue weighted by Crippen LogP contribution is -2.60. The maximum Gasteiger partial charge on any atom is 0.229 e. The van der Waals surface area contributed by atoms with Gasteiger partial charge in [-0.15, -0.1) is 11.3 Å². The van der Waals surface area contributed by atoms with E-state index in [4.69, 9.17) is 13.9 Å². The highest BCUT2D eigenvalue weighted by atomic mass is 32.1. The quantitative estimate of drug-likeness (QED) is 0.471. The van der Waals surface area contributed by atoms with Crippen molar-refractivity contribution in [1.82, 2.24) is 4.98 Å². The van der Waals surface area contributed by atoms with E-state index < -0.39 is 37.3 Å². The summed E-state index contributed by atoms with van der Waals surface area (Å²) < 4.78 is 16.5. The average molecular weight is 421 g/mol. The number of aryl methyl sites for hydroxylation is 1. The van der Waals surface area contributed by atoms with Crippen LogP contribution < -0.4 is 10.2 Å². The van der Waals surface area contributed by atoms with Crippen molar-refractivity contribution in [3.05, 3.63) is 45.8 Å². The summed E-state index contributed by atoms with van der Waals surface area (Å²) in [5, 5.41) is 41.8. The zero-order chi connectivity index (χ0) is 20.7. The number of hydrogen-bond donors (Lipinski definition) is 4. The molecule has 2 aromatic heterocycles. The van der Waals surface area contributed by atoms with Crippen molar-refractivity contribution in [3.8, 4) is 16.3 Å². The van der Waals surface area contributed by atoms with Gasteiger partial charge in [-0.2, -0.15) is 0 Å². The van der Waals surface area contributed by atoms with Crippen LogP contribution in [-0.4, -0.2) is 62.7 Å². The number of aliphatic hydroxyl groups is 4. The lowest BCUT2D eigenvalue weighted by molar-refractivity contribution is -0.277. The van der Waals surface area contributed by atoms with Gasteiger partial charge < -0.3 is 34.3 Å². The van der Waals surface area contributed by atoms with Crippen LogP contribution >= 0.6 is 11.3 Å². The van der Waals surface area contributed by atoms with Crippen LogP contribution in [0.3, 0.4) is 0 Å². The van der Waals surface area contributed by atoms with Crippen molar-refractivity contribution < 1.29 is 34.3 Å². The minimum Gasteiger partial charge on any atom is -0.463 e. The molecule has 3 heterocycles. The first-order valence-corrected chi connectivity index (χ1v) is 9.72. The van der Waals surface area contributed by atoms with Crippen LogP contribution in [0.5, 0.6) is 5.75 Å². The molecule has 0 radical (unpaired) electrons. The molecule has 1 aromatic carbocycles. The fourth-order valence-electron chi connectivity index (χ4n) is 3.11. The van der Waals surface area contributed by atoms with E-state index in [-0.39, 0.29) is 16.8 Å². The smallest absolute Gasteiger partial charge is 0.229 e. The van der Waals surface area contributed by atoms with Gasteiger partial charge in [0, 0.05) is 17.1 Å². The normalized spacial score (nSPS) is 27.3. The predicted octanol–water partition coefficient (Wildman–Crippen LogP) is 0.404. The molecule has 4 rings (SSSR count). The third-order valence-corrected chi connectivity index (χ3v) is 5.69. The van der Waals surface area contributed by atoms with Gasteiger partial charge in [0.05, 0.1) is 17.6 Å². The molecule has 1 aliphatic heterocycles. The van der Waals surface area contributed by atoms with Gasteiger partial charge in [0.1, 0.15) is 47.0 Å². The number of nitrogens with zero attached hydrogens (tertiary/aromatic N) is 1. The maximum absolute atomic E-state index is 12.8. The molecule has 1 aliphatic rings. The first-order chi connectivity index (χ1) is 13.9. The predicted molar refractivity (Wildman–Crippen MR) is 103 cm³/mol. The number of aromatic nitrogens is 1. The van der Waals surface area contributed by atoms with Crippen molar-refractivity contribution in [1.29, 1.82) is 0 Å². The Morgan fingerprint density at radius 3 is 2.69 bits per heavy atom. The molecule has 0 saturated carbocycles. The lowest BCUT2D eigenvalue weighted by atomic mass is 9.99. The molecule has 154 valence electrons. The zero-order valence-electron chi connectivity index (χ0n) is 15.3. The fraction of sp³-hybridized carbons (Fsp3) is 0.368. The number of thiazole rings is 1. The van der Waals surface area contributed by atoms with Gasteiger partial charge in [-0.25, -0.2) is 4.98 Å². The van der Waals surface area contributed by atoms with Crippen molar-refractivity contribution in [2.75, 3.05) is 6.61 Å². The van der Waals surface area contributed by atoms with Crippen LogP contribution in [0.1, 0.15) is 5.69 Å². The highest BCUT2D eigenvalue weighted by Crippen LogP contribution is 2.28. The number of fused-ring (bicyclic) bond motifs is 1. The SMILES string of the molecule is Cc1csc(-c2coc3cc(O[C@@H]4O[C@H](CO)[C@@H](O)[C@@H](O)[C@@H]4O)ccc3c2=O)n1. The molecule has 4 N–H and O–H groups in total. The summed E-state index contributed by atoms with van der Waals surface area (Å²) in [5.74, 6) is 0.211. The molecule has 0 unspecified atom stereocenters. The van der Waals surface area contributed by atoms with Crippen LogP contribution in [-0.2, 0) is 4.74 Å². The monoisotopic (exact) mass is 421 g/mol. The number of benzene rings is 1. The molecule has 0 aliphatic carbocycles. The summed E-state index contributed by atoms with van der Waals surface area (Å²) in [7, 11) is 0. The lowest BCUT2D eigenvalue weighted by Gasteiger charge is -2.39. The van der Waals surface area contributed by atoms with E-state index in [1.54, 1.807) is 0 Å². The molecule has 5 atom stereocenters. The molecule has 1 fully saturated rings. The Bertz CT molecular complexity index is 1080. The third-order valence-electron chi connectivity index (χ3n) is 4.70. The van der Waals surface area contributed by atoms with Gasteiger partial charge in [0.25, 0.3) is 0 Å². The van der Waals surface area contributed by atoms with Gasteiger partial charge in [-0.05, 0) is 19.1 Å². The molecule has 10 heteroatoms. The van der Waals surface area contributed by atoms with Gasteiger partial charge >= 0.3 is 0 Å². The first-order valence-electron chi connectivity index (χ1n) is 8.84. The Morgan fingerprint density at radius 1 is 1.21 bits per heavy atom. The van der Waals surface area contributed by atoms with Gasteiger partial charge in [-0.1, -0.05) is 0 Å². The summed E-state index contributed by atoms with van der Waals surface area (Å²) in [6.45, 7) is 1.28. The van der Waals surface area contributed by atoms with E-state index in [2.05, 4.69) is 4.98 Å². The molecular weight excluding hydrogens is 402 g/mol. The van der Waals surface area contributed by atoms with E-state index in [1.807, 2.05) is 12.3 Å². The van der Waals surface area contributed by atoms with E-state index in [0.717, 1.165) is 5.69 Å². The minimum absolute atomic E-state index is 0.211. The van der Waals surface area contributed by atoms with Crippen LogP contribution in [0, 0.1) is 6.92 Å². The van der Waals surface area contributed by atoms with Crippen molar-refractivity contribution in [3.63, 3.8) is 0 Å². The molecule has 0 amide bonds. The van der Waals surface area contributed by atoms with Crippen molar-refractivity contribution in [2.45, 2.75) is 37.6 Å². The largest absolute Gasteiger partial charge is 0.463 e. The summed E-state index contributed by atoms with van der Waals surface area (Å²) >= 11 is 1.35. The number of ether oxygens (including phenoxy) is 2. The summed E-state index contributed by atoms with van der Waals surface area (Å²) in [4.78, 5) is 17.1. The van der Waals surface area contributed by atoms with E-state index in [9.17, 15) is 25.2 Å². The zero-order valence-corrected chi connectivity index (χ0v) is 16.1. The van der Waals surface area contributed by atoms with Gasteiger partial charge in [0.15, 0.2) is 0 Å². The van der Waals surface area contributed by atoms with Gasteiger partial charge in [0.2, 0.25) is 11.7 Å². The Kier molecular flexibility index (Phi) is 5.38. The van der Waals surface area contributed by atoms with Crippen LogP contribution in [0.25, 0.3) is 21.5 Å². The fourth-order valence-corrected chi connectivity index (χ4v) is 3.91. The second-order valence-corrected chi connectivity index (χ2v) is 7.60. The minimum atomic E-state index is -1.55. The Labute approximate surface area is 168 Å². The average Bonchev–Trinajstić information content (AvgIpc) is 3.14. The summed E-state index contributed by atoms with van der Waals surface area (Å²) in [6, 6.07) is 4.47. The molecular formula is C19H19NO8S. The third kappa shape index (κ3) is 3.66. The number of hydrogen-bond acceptors (Lipinski definition) is 10. The molecule has 1 saturated heterocycles. The van der Waals surface area contributed by atoms with E-state index in [0.29, 0.717) is 16.0 Å². The molecule has 0 spiro atoms. The Hall–Kier alpha value is -2.34. The van der Waals surface area contributed by atoms with Crippen LogP contribution in [0.4, 0.5) is 0 Å². The summed E-state index contributed by atoms with van der Waals surface area (Å²) in [5.41, 5.74) is 1.19. The Balaban J connectivity index is 1.62. The topological polar surface area (TPSA) is 142 Å². The first kappa shape index (κ1) is 20.0. The van der Waals surface area contributed by atoms with E-state index in [1.165, 1.54) is 35.8 Å². The molecule has 0 bridgehead atoms. The standard InChI is InChI=1S/C19H19NO8S/c1-8-7-29-18(20-8)11-6-26-12-4-9(2-3-10(12)14(11)22)27-19-17(25)16(24)15(23)13(5-21)28-19/h2-4,6-7,13,15-17,19,21,23-25H,5H2,1H3/t13-,15-,16-,17+,19-/m1/s1. The Morgan fingerprint density at radius 2 is 2.00 bits per heavy atom. The molecule has 9 nitrogen and oxygen atoms in total. The second kappa shape index (κ2) is 7.82. The molecule has 3 aromatic rings. The maximum atomic E-state index is 12.8.